The number of hydrazine groups is 1. The number of carboxylic acids is 1. The molecule has 0 aliphatic carbocycles. The maximum absolute atomic E-state index is 10.7. The van der Waals surface area contributed by atoms with Gasteiger partial charge in [-0.05, 0) is 43.4 Å². The van der Waals surface area contributed by atoms with Crippen molar-refractivity contribution in [3.63, 3.8) is 0 Å². The van der Waals surface area contributed by atoms with Crippen molar-refractivity contribution in [1.82, 2.24) is 10.4 Å². The van der Waals surface area contributed by atoms with E-state index in [0.717, 1.165) is 11.4 Å². The normalized spacial score (nSPS) is 18.1. The number of rotatable bonds is 4. The minimum atomic E-state index is -0.850. The maximum atomic E-state index is 10.7. The van der Waals surface area contributed by atoms with Gasteiger partial charge in [0.25, 0.3) is 0 Å². The van der Waals surface area contributed by atoms with Gasteiger partial charge in [-0.1, -0.05) is 0 Å². The third-order valence-corrected chi connectivity index (χ3v) is 3.65. The molecule has 0 spiro atoms. The molecule has 1 aliphatic rings. The largest absolute Gasteiger partial charge is 1.00 e. The molecule has 1 saturated heterocycles. The molecule has 0 radical (unpaired) electrons. The monoisotopic (exact) mass is 334 g/mol. The number of nitrogens with one attached hydrogen (secondary N) is 1. The first-order chi connectivity index (χ1) is 9.40. The SMILES string of the molecule is CC1N(C)NC(=S)N1c1ccc(N(C)CC(=O)O)cc1.[H-].[K+]. The summed E-state index contributed by atoms with van der Waals surface area (Å²) >= 11 is 5.30. The van der Waals surface area contributed by atoms with Crippen LogP contribution in [0.15, 0.2) is 24.3 Å². The Morgan fingerprint density at radius 1 is 1.48 bits per heavy atom. The third kappa shape index (κ3) is 4.38. The molecule has 1 aliphatic heterocycles. The van der Waals surface area contributed by atoms with Crippen molar-refractivity contribution in [2.45, 2.75) is 13.1 Å². The first-order valence-electron chi connectivity index (χ1n) is 6.26. The molecule has 6 nitrogen and oxygen atoms in total. The van der Waals surface area contributed by atoms with Crippen molar-refractivity contribution in [2.24, 2.45) is 0 Å². The van der Waals surface area contributed by atoms with Gasteiger partial charge in [0.15, 0.2) is 5.11 Å². The molecule has 2 N–H and O–H groups in total. The molecule has 0 aromatic heterocycles. The molecule has 0 saturated carbocycles. The molecule has 110 valence electrons. The second-order valence-corrected chi connectivity index (χ2v) is 5.18. The third-order valence-electron chi connectivity index (χ3n) is 3.37. The van der Waals surface area contributed by atoms with E-state index in [0.29, 0.717) is 5.11 Å². The Morgan fingerprint density at radius 2 is 2.05 bits per heavy atom. The number of hydrogen-bond donors (Lipinski definition) is 2. The van der Waals surface area contributed by atoms with Crippen LogP contribution < -0.4 is 66.6 Å². The van der Waals surface area contributed by atoms with Gasteiger partial charge in [-0.25, -0.2) is 5.01 Å². The number of thiocarbonyl (C=S) groups is 1. The van der Waals surface area contributed by atoms with Gasteiger partial charge in [0.1, 0.15) is 12.7 Å². The van der Waals surface area contributed by atoms with E-state index in [9.17, 15) is 4.79 Å². The van der Waals surface area contributed by atoms with Gasteiger partial charge in [0.2, 0.25) is 0 Å². The average molecular weight is 334 g/mol. The fourth-order valence-corrected chi connectivity index (χ4v) is 2.54. The molecule has 0 bridgehead atoms. The average Bonchev–Trinajstić information content (AvgIpc) is 2.63. The van der Waals surface area contributed by atoms with Crippen LogP contribution in [0.5, 0.6) is 0 Å². The van der Waals surface area contributed by atoms with Crippen LogP contribution in [0.1, 0.15) is 8.35 Å². The van der Waals surface area contributed by atoms with Crippen LogP contribution in [0.4, 0.5) is 11.4 Å². The zero-order valence-electron chi connectivity index (χ0n) is 13.7. The first-order valence-corrected chi connectivity index (χ1v) is 6.66. The topological polar surface area (TPSA) is 59.0 Å². The van der Waals surface area contributed by atoms with E-state index >= 15 is 0 Å². The van der Waals surface area contributed by atoms with Gasteiger partial charge in [0, 0.05) is 25.5 Å². The summed E-state index contributed by atoms with van der Waals surface area (Å²) in [6, 6.07) is 7.67. The summed E-state index contributed by atoms with van der Waals surface area (Å²) in [4.78, 5) is 14.4. The standard InChI is InChI=1S/C13H18N4O2S.K.H/c1-9-16(3)14-13(20)17(9)11-6-4-10(5-7-11)15(2)8-12(18)19;;/h4-7,9H,8H2,1-3H3,(H,14,20)(H,18,19);;/q;+1;-1. The van der Waals surface area contributed by atoms with Gasteiger partial charge in [-0.2, -0.15) is 0 Å². The maximum Gasteiger partial charge on any atom is 1.00 e. The van der Waals surface area contributed by atoms with Crippen LogP contribution in [-0.4, -0.2) is 48.0 Å². The van der Waals surface area contributed by atoms with Crippen molar-refractivity contribution >= 4 is 34.7 Å². The van der Waals surface area contributed by atoms with Crippen LogP contribution in [-0.2, 0) is 4.79 Å². The number of hydrogen-bond acceptors (Lipinski definition) is 4. The number of aliphatic carboxylic acids is 1. The van der Waals surface area contributed by atoms with Gasteiger partial charge in [-0.15, -0.1) is 0 Å². The summed E-state index contributed by atoms with van der Waals surface area (Å²) in [7, 11) is 3.69. The summed E-state index contributed by atoms with van der Waals surface area (Å²) in [5, 5.41) is 11.4. The molecule has 1 unspecified atom stereocenters. The number of nitrogens with zero attached hydrogens (tertiary/aromatic N) is 3. The number of benzene rings is 1. The minimum absolute atomic E-state index is 0. The number of carboxylic acid groups (broad SMARTS) is 1. The van der Waals surface area contributed by atoms with Crippen LogP contribution >= 0.6 is 12.2 Å². The number of carbonyl (C=O) groups is 1. The van der Waals surface area contributed by atoms with Gasteiger partial charge >= 0.3 is 57.4 Å². The first kappa shape index (κ1) is 18.8. The molecule has 8 heteroatoms. The van der Waals surface area contributed by atoms with Crippen molar-refractivity contribution in [2.75, 3.05) is 30.4 Å². The summed E-state index contributed by atoms with van der Waals surface area (Å²) < 4.78 is 0. The second-order valence-electron chi connectivity index (χ2n) is 4.80. The quantitative estimate of drug-likeness (QED) is 0.498. The van der Waals surface area contributed by atoms with E-state index in [2.05, 4.69) is 12.3 Å². The molecule has 1 atom stereocenters. The molecule has 1 aromatic rings. The fraction of sp³-hybridized carbons (Fsp3) is 0.385. The van der Waals surface area contributed by atoms with Crippen molar-refractivity contribution in [1.29, 1.82) is 0 Å². The van der Waals surface area contributed by atoms with E-state index in [1.54, 1.807) is 11.9 Å². The molecular formula is C13H19KN4O2S. The molecule has 2 rings (SSSR count). The Balaban J connectivity index is 0.00000220. The van der Waals surface area contributed by atoms with Crippen molar-refractivity contribution < 1.29 is 62.7 Å². The molecule has 21 heavy (non-hydrogen) atoms. The molecule has 0 amide bonds. The van der Waals surface area contributed by atoms with E-state index in [-0.39, 0.29) is 65.5 Å². The molecule has 1 fully saturated rings. The Hall–Kier alpha value is -0.224. The van der Waals surface area contributed by atoms with Gasteiger partial charge in [-0.3, -0.25) is 10.2 Å². The van der Waals surface area contributed by atoms with E-state index in [1.165, 1.54) is 0 Å². The van der Waals surface area contributed by atoms with Gasteiger partial charge < -0.3 is 16.3 Å². The smallest absolute Gasteiger partial charge is 1.00 e. The zero-order chi connectivity index (χ0) is 14.9. The predicted octanol–water partition coefficient (Wildman–Crippen LogP) is -1.79. The fourth-order valence-electron chi connectivity index (χ4n) is 2.14. The number of anilines is 2. The zero-order valence-corrected chi connectivity index (χ0v) is 16.6. The summed E-state index contributed by atoms with van der Waals surface area (Å²) in [6.45, 7) is 2.03. The van der Waals surface area contributed by atoms with Crippen molar-refractivity contribution in [3.05, 3.63) is 24.3 Å². The van der Waals surface area contributed by atoms with Gasteiger partial charge in [0.05, 0.1) is 0 Å². The molecule has 1 aromatic carbocycles. The predicted molar refractivity (Wildman–Crippen MR) is 83.9 cm³/mol. The van der Waals surface area contributed by atoms with E-state index in [1.807, 2.05) is 41.2 Å². The van der Waals surface area contributed by atoms with Crippen LogP contribution in [0.3, 0.4) is 0 Å². The summed E-state index contributed by atoms with van der Waals surface area (Å²) in [5.41, 5.74) is 4.92. The Labute approximate surface area is 174 Å². The van der Waals surface area contributed by atoms with Crippen LogP contribution in [0.25, 0.3) is 0 Å². The summed E-state index contributed by atoms with van der Waals surface area (Å²) in [5.74, 6) is -0.850. The minimum Gasteiger partial charge on any atom is -1.00 e. The Bertz CT molecular complexity index is 531. The Kier molecular flexibility index (Phi) is 7.05. The van der Waals surface area contributed by atoms with Crippen LogP contribution in [0.2, 0.25) is 0 Å². The Morgan fingerprint density at radius 3 is 2.48 bits per heavy atom. The van der Waals surface area contributed by atoms with E-state index in [4.69, 9.17) is 17.3 Å². The second kappa shape index (κ2) is 7.86. The van der Waals surface area contributed by atoms with E-state index < -0.39 is 5.97 Å². The number of likely N-dealkylation sites (N-methyl/N-ethyl adjacent to an activating group) is 1. The molecule has 1 heterocycles. The van der Waals surface area contributed by atoms with Crippen LogP contribution in [0, 0.1) is 0 Å². The molecular weight excluding hydrogens is 315 g/mol. The van der Waals surface area contributed by atoms with Crippen molar-refractivity contribution in [3.8, 4) is 0 Å². The summed E-state index contributed by atoms with van der Waals surface area (Å²) in [6.07, 6.45) is 0.130.